The van der Waals surface area contributed by atoms with E-state index in [1.54, 1.807) is 0 Å². The highest BCUT2D eigenvalue weighted by molar-refractivity contribution is 5.89. The number of hydrogen-bond acceptors (Lipinski definition) is 6. The molecule has 0 aromatic heterocycles. The van der Waals surface area contributed by atoms with Crippen LogP contribution in [0.2, 0.25) is 0 Å². The molecule has 0 saturated heterocycles. The zero-order valence-corrected chi connectivity index (χ0v) is 25.7. The molecule has 234 valence electrons. The van der Waals surface area contributed by atoms with Gasteiger partial charge < -0.3 is 19.9 Å². The van der Waals surface area contributed by atoms with Gasteiger partial charge >= 0.3 is 17.9 Å². The predicted octanol–water partition coefficient (Wildman–Crippen LogP) is 7.65. The third-order valence-electron chi connectivity index (χ3n) is 7.06. The molecule has 0 aromatic rings. The monoisotopic (exact) mass is 569 g/mol. The standard InChI is InChI=1S/C32H59NO7/c1-3-5-7-9-11-13-15-17-19-21-25-39-31(37)27-28(33-29(34)23-24-30(35)36)32(38)40-26-22-20-18-16-14-12-10-8-6-4-2/h28H,3-27H2,1-2H3,(H,33,34)(H,35,36)/t28-/m0/s1. The third-order valence-corrected chi connectivity index (χ3v) is 7.06. The number of esters is 2. The van der Waals surface area contributed by atoms with Crippen LogP contribution in [0, 0.1) is 0 Å². The number of aliphatic carboxylic acids is 1. The molecule has 8 nitrogen and oxygen atoms in total. The van der Waals surface area contributed by atoms with Gasteiger partial charge in [0, 0.05) is 6.42 Å². The van der Waals surface area contributed by atoms with E-state index in [4.69, 9.17) is 14.6 Å². The van der Waals surface area contributed by atoms with Crippen LogP contribution < -0.4 is 5.32 Å². The summed E-state index contributed by atoms with van der Waals surface area (Å²) in [5, 5.41) is 11.3. The Morgan fingerprint density at radius 3 is 1.40 bits per heavy atom. The first-order valence-electron chi connectivity index (χ1n) is 16.2. The van der Waals surface area contributed by atoms with Crippen molar-refractivity contribution in [2.75, 3.05) is 13.2 Å². The van der Waals surface area contributed by atoms with Crippen LogP contribution in [-0.2, 0) is 28.7 Å². The third kappa shape index (κ3) is 26.1. The van der Waals surface area contributed by atoms with Gasteiger partial charge in [-0.25, -0.2) is 4.79 Å². The number of carboxylic acid groups (broad SMARTS) is 1. The van der Waals surface area contributed by atoms with Crippen molar-refractivity contribution in [2.45, 2.75) is 168 Å². The van der Waals surface area contributed by atoms with Gasteiger partial charge in [-0.05, 0) is 12.8 Å². The zero-order chi connectivity index (χ0) is 29.7. The Balaban J connectivity index is 4.23. The van der Waals surface area contributed by atoms with Crippen molar-refractivity contribution in [3.8, 4) is 0 Å². The van der Waals surface area contributed by atoms with E-state index in [0.29, 0.717) is 0 Å². The van der Waals surface area contributed by atoms with Gasteiger partial charge in [0.1, 0.15) is 6.04 Å². The van der Waals surface area contributed by atoms with Crippen molar-refractivity contribution in [1.29, 1.82) is 0 Å². The van der Waals surface area contributed by atoms with Crippen molar-refractivity contribution in [3.63, 3.8) is 0 Å². The van der Waals surface area contributed by atoms with Crippen LogP contribution in [-0.4, -0.2) is 48.2 Å². The Morgan fingerprint density at radius 2 is 0.975 bits per heavy atom. The largest absolute Gasteiger partial charge is 0.481 e. The minimum Gasteiger partial charge on any atom is -0.481 e. The zero-order valence-electron chi connectivity index (χ0n) is 25.7. The average molecular weight is 570 g/mol. The van der Waals surface area contributed by atoms with Crippen molar-refractivity contribution in [3.05, 3.63) is 0 Å². The summed E-state index contributed by atoms with van der Waals surface area (Å²) in [6, 6.07) is -1.18. The maximum absolute atomic E-state index is 12.6. The molecule has 0 rings (SSSR count). The molecule has 0 spiro atoms. The summed E-state index contributed by atoms with van der Waals surface area (Å²) in [7, 11) is 0. The van der Waals surface area contributed by atoms with Crippen molar-refractivity contribution in [2.24, 2.45) is 0 Å². The number of carbonyl (C=O) groups is 4. The molecule has 0 aromatic carbocycles. The molecule has 0 aliphatic rings. The van der Waals surface area contributed by atoms with Crippen LogP contribution in [0.15, 0.2) is 0 Å². The van der Waals surface area contributed by atoms with Gasteiger partial charge in [-0.1, -0.05) is 129 Å². The van der Waals surface area contributed by atoms with Crippen LogP contribution in [0.5, 0.6) is 0 Å². The molecular formula is C32H59NO7. The van der Waals surface area contributed by atoms with Crippen molar-refractivity contribution >= 4 is 23.8 Å². The van der Waals surface area contributed by atoms with E-state index in [2.05, 4.69) is 19.2 Å². The highest BCUT2D eigenvalue weighted by Gasteiger charge is 2.26. The molecule has 0 unspecified atom stereocenters. The number of nitrogens with one attached hydrogen (secondary N) is 1. The van der Waals surface area contributed by atoms with Gasteiger partial charge in [-0.2, -0.15) is 0 Å². The first-order chi connectivity index (χ1) is 19.4. The van der Waals surface area contributed by atoms with Gasteiger partial charge in [-0.15, -0.1) is 0 Å². The summed E-state index contributed by atoms with van der Waals surface area (Å²) >= 11 is 0. The molecule has 8 heteroatoms. The van der Waals surface area contributed by atoms with E-state index in [0.717, 1.165) is 38.5 Å². The predicted molar refractivity (Wildman–Crippen MR) is 159 cm³/mol. The molecule has 2 N–H and O–H groups in total. The van der Waals surface area contributed by atoms with Gasteiger partial charge in [0.2, 0.25) is 5.91 Å². The van der Waals surface area contributed by atoms with E-state index in [1.807, 2.05) is 0 Å². The molecule has 0 saturated carbocycles. The SMILES string of the molecule is CCCCCCCCCCCCOC(=O)C[C@H](NC(=O)CCC(=O)O)C(=O)OCCCCCCCCCCCC. The van der Waals surface area contributed by atoms with E-state index < -0.39 is 29.9 Å². The second-order valence-electron chi connectivity index (χ2n) is 11.0. The van der Waals surface area contributed by atoms with Crippen LogP contribution >= 0.6 is 0 Å². The molecule has 40 heavy (non-hydrogen) atoms. The van der Waals surface area contributed by atoms with E-state index in [1.165, 1.54) is 89.9 Å². The fraction of sp³-hybridized carbons (Fsp3) is 0.875. The molecule has 0 aliphatic carbocycles. The number of ether oxygens (including phenoxy) is 2. The quantitative estimate of drug-likeness (QED) is 0.0701. The van der Waals surface area contributed by atoms with Gasteiger partial charge in [0.15, 0.2) is 0 Å². The summed E-state index contributed by atoms with van der Waals surface area (Å²) in [5.74, 6) is -2.97. The smallest absolute Gasteiger partial charge is 0.329 e. The van der Waals surface area contributed by atoms with Crippen LogP contribution in [0.3, 0.4) is 0 Å². The van der Waals surface area contributed by atoms with Gasteiger partial charge in [0.25, 0.3) is 0 Å². The summed E-state index contributed by atoms with van der Waals surface area (Å²) in [5.41, 5.74) is 0. The van der Waals surface area contributed by atoms with Gasteiger partial charge in [0.05, 0.1) is 26.1 Å². The number of carbonyl (C=O) groups excluding carboxylic acids is 3. The highest BCUT2D eigenvalue weighted by atomic mass is 16.5. The molecule has 0 bridgehead atoms. The number of amides is 1. The van der Waals surface area contributed by atoms with Crippen LogP contribution in [0.4, 0.5) is 0 Å². The second-order valence-corrected chi connectivity index (χ2v) is 11.0. The lowest BCUT2D eigenvalue weighted by atomic mass is 10.1. The molecular weight excluding hydrogens is 510 g/mol. The normalized spacial score (nSPS) is 11.7. The highest BCUT2D eigenvalue weighted by Crippen LogP contribution is 2.12. The van der Waals surface area contributed by atoms with Crippen molar-refractivity contribution < 1.29 is 33.8 Å². The fourth-order valence-electron chi connectivity index (χ4n) is 4.54. The topological polar surface area (TPSA) is 119 Å². The summed E-state index contributed by atoms with van der Waals surface area (Å²) in [6.45, 7) is 4.94. The van der Waals surface area contributed by atoms with Crippen molar-refractivity contribution in [1.82, 2.24) is 5.32 Å². The van der Waals surface area contributed by atoms with E-state index >= 15 is 0 Å². The minimum atomic E-state index is -1.18. The maximum Gasteiger partial charge on any atom is 0.329 e. The Morgan fingerprint density at radius 1 is 0.575 bits per heavy atom. The van der Waals surface area contributed by atoms with Crippen LogP contribution in [0.1, 0.15) is 162 Å². The number of hydrogen-bond donors (Lipinski definition) is 2. The molecule has 0 radical (unpaired) electrons. The van der Waals surface area contributed by atoms with Gasteiger partial charge in [-0.3, -0.25) is 14.4 Å². The minimum absolute atomic E-state index is 0.227. The first kappa shape index (κ1) is 37.9. The number of carboxylic acids is 1. The number of rotatable bonds is 29. The lowest BCUT2D eigenvalue weighted by Crippen LogP contribution is -2.43. The second kappa shape index (κ2) is 28.4. The molecule has 0 fully saturated rings. The number of unbranched alkanes of at least 4 members (excludes halogenated alkanes) is 18. The summed E-state index contributed by atoms with van der Waals surface area (Å²) < 4.78 is 10.6. The summed E-state index contributed by atoms with van der Waals surface area (Å²) in [6.07, 6.45) is 22.5. The Labute approximate surface area is 243 Å². The lowest BCUT2D eigenvalue weighted by molar-refractivity contribution is -0.154. The summed E-state index contributed by atoms with van der Waals surface area (Å²) in [4.78, 5) is 47.9. The Kier molecular flexibility index (Phi) is 26.9. The lowest BCUT2D eigenvalue weighted by Gasteiger charge is -2.17. The molecule has 0 aliphatic heterocycles. The molecule has 0 heterocycles. The van der Waals surface area contributed by atoms with E-state index in [-0.39, 0.29) is 32.5 Å². The Bertz CT molecular complexity index is 653. The fourth-order valence-corrected chi connectivity index (χ4v) is 4.54. The van der Waals surface area contributed by atoms with E-state index in [9.17, 15) is 19.2 Å². The molecule has 1 atom stereocenters. The molecule has 1 amide bonds. The first-order valence-corrected chi connectivity index (χ1v) is 16.2. The van der Waals surface area contributed by atoms with Crippen LogP contribution in [0.25, 0.3) is 0 Å². The Hall–Kier alpha value is -2.12. The average Bonchev–Trinajstić information content (AvgIpc) is 2.93. The maximum atomic E-state index is 12.6.